The number of aryl methyl sites for hydroxylation is 3. The second kappa shape index (κ2) is 5.15. The van der Waals surface area contributed by atoms with Crippen LogP contribution < -0.4 is 10.3 Å². The number of nitrogens with zero attached hydrogens (tertiary/aromatic N) is 2. The van der Waals surface area contributed by atoms with Gasteiger partial charge in [-0.05, 0) is 18.9 Å². The van der Waals surface area contributed by atoms with Gasteiger partial charge in [0.15, 0.2) is 0 Å². The Labute approximate surface area is 112 Å². The monoisotopic (exact) mass is 262 g/mol. The van der Waals surface area contributed by atoms with Crippen molar-refractivity contribution in [3.8, 4) is 0 Å². The number of hydrogen-bond acceptors (Lipinski definition) is 0. The second-order valence-corrected chi connectivity index (χ2v) is 4.95. The Morgan fingerprint density at radius 2 is 1.89 bits per heavy atom. The average Bonchev–Trinajstić information content (AvgIpc) is 2.63. The van der Waals surface area contributed by atoms with E-state index in [1.807, 2.05) is 19.1 Å². The van der Waals surface area contributed by atoms with Gasteiger partial charge in [-0.25, -0.2) is 0 Å². The van der Waals surface area contributed by atoms with Crippen LogP contribution in [0.3, 0.4) is 0 Å². The number of aromatic nitrogens is 2. The summed E-state index contributed by atoms with van der Waals surface area (Å²) in [6.07, 6.45) is 3.24. The Bertz CT molecular complexity index is 542. The van der Waals surface area contributed by atoms with Crippen LogP contribution in [0.25, 0.3) is 0 Å². The molecule has 5 heteroatoms. The molecule has 100 valence electrons. The zero-order chi connectivity index (χ0) is 14.0. The first kappa shape index (κ1) is 13.8. The third-order valence-corrected chi connectivity index (χ3v) is 3.14. The van der Waals surface area contributed by atoms with Gasteiger partial charge in [-0.2, -0.15) is 0 Å². The molecule has 19 heavy (non-hydrogen) atoms. The maximum absolute atomic E-state index is 14.1. The summed E-state index contributed by atoms with van der Waals surface area (Å²) in [5, 5.41) is 0. The lowest BCUT2D eigenvalue weighted by Crippen LogP contribution is -2.55. The van der Waals surface area contributed by atoms with Crippen LogP contribution in [0.4, 0.5) is 8.78 Å². The fourth-order valence-corrected chi connectivity index (χ4v) is 2.02. The fourth-order valence-electron chi connectivity index (χ4n) is 2.02. The molecule has 0 spiro atoms. The Morgan fingerprint density at radius 1 is 1.26 bits per heavy atom. The maximum Gasteiger partial charge on any atom is 0.125 e. The van der Waals surface area contributed by atoms with Crippen molar-refractivity contribution in [2.45, 2.75) is 19.2 Å². The summed E-state index contributed by atoms with van der Waals surface area (Å²) in [5.74, 6) is -2.86. The van der Waals surface area contributed by atoms with Crippen LogP contribution in [-0.2, 0) is 20.5 Å². The minimum atomic E-state index is -2.86. The topological polar surface area (TPSA) is 8.81 Å². The number of imidazole rings is 1. The zero-order valence-corrected chi connectivity index (χ0v) is 11.4. The highest BCUT2D eigenvalue weighted by atomic mass is 19.3. The lowest BCUT2D eigenvalue weighted by Gasteiger charge is -2.27. The van der Waals surface area contributed by atoms with Crippen molar-refractivity contribution in [2.24, 2.45) is 14.1 Å². The lowest BCUT2D eigenvalue weighted by atomic mass is 9.67. The van der Waals surface area contributed by atoms with Gasteiger partial charge in [-0.1, -0.05) is 37.1 Å². The summed E-state index contributed by atoms with van der Waals surface area (Å²) in [6, 6.07) is 7.21. The molecule has 2 nitrogen and oxygen atoms in total. The highest BCUT2D eigenvalue weighted by Crippen LogP contribution is 2.18. The molecule has 0 aliphatic rings. The molecule has 0 unspecified atom stereocenters. The van der Waals surface area contributed by atoms with E-state index in [0.717, 1.165) is 12.8 Å². The molecule has 0 aliphatic carbocycles. The van der Waals surface area contributed by atoms with Crippen molar-refractivity contribution in [3.63, 3.8) is 0 Å². The molecule has 0 bridgehead atoms. The van der Waals surface area contributed by atoms with E-state index in [9.17, 15) is 8.78 Å². The van der Waals surface area contributed by atoms with Crippen molar-refractivity contribution >= 4 is 13.0 Å². The second-order valence-electron chi connectivity index (χ2n) is 4.95. The zero-order valence-electron chi connectivity index (χ0n) is 11.4. The molecule has 0 saturated heterocycles. The number of alkyl halides is 2. The third kappa shape index (κ3) is 3.43. The number of hydrogen-bond donors (Lipinski definition) is 0. The highest BCUT2D eigenvalue weighted by molar-refractivity contribution is 6.53. The average molecular weight is 262 g/mol. The normalized spacial score (nSPS) is 11.8. The molecular weight excluding hydrogens is 245 g/mol. The van der Waals surface area contributed by atoms with Crippen molar-refractivity contribution in [3.05, 3.63) is 47.8 Å². The maximum atomic E-state index is 14.1. The minimum absolute atomic E-state index is 0.279. The Kier molecular flexibility index (Phi) is 3.74. The van der Waals surface area contributed by atoms with Gasteiger partial charge < -0.3 is 0 Å². The molecule has 0 aliphatic heterocycles. The summed E-state index contributed by atoms with van der Waals surface area (Å²) in [7, 11) is 4.54. The first-order valence-electron chi connectivity index (χ1n) is 6.18. The molecule has 1 heterocycles. The van der Waals surface area contributed by atoms with E-state index in [0.29, 0.717) is 11.3 Å². The van der Waals surface area contributed by atoms with Crippen LogP contribution in [-0.4, -0.2) is 17.7 Å². The van der Waals surface area contributed by atoms with Gasteiger partial charge in [-0.3, -0.25) is 17.9 Å². The number of benzene rings is 1. The van der Waals surface area contributed by atoms with Crippen LogP contribution in [0.2, 0.25) is 0 Å². The summed E-state index contributed by atoms with van der Waals surface area (Å²) in [6.45, 7) is 1.94. The quantitative estimate of drug-likeness (QED) is 0.580. The minimum Gasteiger partial charge on any atom is -0.280 e. The van der Waals surface area contributed by atoms with E-state index in [4.69, 9.17) is 0 Å². The molecule has 0 atom stereocenters. The van der Waals surface area contributed by atoms with E-state index >= 15 is 0 Å². The van der Waals surface area contributed by atoms with Crippen molar-refractivity contribution in [2.75, 3.05) is 0 Å². The highest BCUT2D eigenvalue weighted by Gasteiger charge is 2.21. The fraction of sp³-hybridized carbons (Fsp3) is 0.357. The SMILES string of the molecule is Cc1ccc(CC(F)(F)[B-]c2n(C)cc[n+]2C)cc1. The van der Waals surface area contributed by atoms with Crippen molar-refractivity contribution < 1.29 is 13.3 Å². The van der Waals surface area contributed by atoms with Crippen LogP contribution in [0.15, 0.2) is 36.7 Å². The Morgan fingerprint density at radius 3 is 2.42 bits per heavy atom. The molecule has 0 fully saturated rings. The summed E-state index contributed by atoms with van der Waals surface area (Å²) >= 11 is 0. The van der Waals surface area contributed by atoms with E-state index in [1.54, 1.807) is 47.8 Å². The van der Waals surface area contributed by atoms with Crippen LogP contribution >= 0.6 is 0 Å². The van der Waals surface area contributed by atoms with Crippen LogP contribution in [0.5, 0.6) is 0 Å². The standard InChI is InChI=1S/C14H17BF2N2/c1-11-4-6-12(7-5-11)10-14(16,17)15-13-18(2)8-9-19(13)3/h4-9H,10H2,1-3H3. The molecule has 0 amide bonds. The van der Waals surface area contributed by atoms with E-state index in [-0.39, 0.29) is 6.42 Å². The summed E-state index contributed by atoms with van der Waals surface area (Å²) < 4.78 is 31.5. The summed E-state index contributed by atoms with van der Waals surface area (Å²) in [4.78, 5) is 0. The van der Waals surface area contributed by atoms with Crippen molar-refractivity contribution in [1.82, 2.24) is 4.57 Å². The third-order valence-electron chi connectivity index (χ3n) is 3.14. The van der Waals surface area contributed by atoms with Gasteiger partial charge in [0.25, 0.3) is 0 Å². The molecule has 2 radical (unpaired) electrons. The Balaban J connectivity index is 2.12. The molecule has 0 saturated carbocycles. The number of halogens is 2. The van der Waals surface area contributed by atoms with E-state index in [1.165, 1.54) is 0 Å². The van der Waals surface area contributed by atoms with Crippen LogP contribution in [0.1, 0.15) is 11.1 Å². The molecule has 2 aromatic rings. The molecular formula is C14H17BF2N2. The smallest absolute Gasteiger partial charge is 0.125 e. The molecule has 2 rings (SSSR count). The predicted octanol–water partition coefficient (Wildman–Crippen LogP) is 1.32. The first-order chi connectivity index (χ1) is 8.87. The largest absolute Gasteiger partial charge is 0.280 e. The van der Waals surface area contributed by atoms with Crippen LogP contribution in [0, 0.1) is 6.92 Å². The van der Waals surface area contributed by atoms with E-state index < -0.39 is 5.82 Å². The molecule has 0 N–H and O–H groups in total. The van der Waals surface area contributed by atoms with Gasteiger partial charge in [0.1, 0.15) is 12.4 Å². The number of rotatable bonds is 4. The van der Waals surface area contributed by atoms with Gasteiger partial charge in [0.05, 0.1) is 19.9 Å². The summed E-state index contributed by atoms with van der Waals surface area (Å²) in [5.41, 5.74) is 2.21. The van der Waals surface area contributed by atoms with Gasteiger partial charge >= 0.3 is 0 Å². The van der Waals surface area contributed by atoms with Crippen molar-refractivity contribution in [1.29, 1.82) is 0 Å². The van der Waals surface area contributed by atoms with E-state index in [2.05, 4.69) is 0 Å². The predicted molar refractivity (Wildman–Crippen MR) is 71.8 cm³/mol. The Hall–Kier alpha value is -1.65. The van der Waals surface area contributed by atoms with Gasteiger partial charge in [-0.15, -0.1) is 0 Å². The molecule has 1 aromatic heterocycles. The lowest BCUT2D eigenvalue weighted by molar-refractivity contribution is -0.653. The first-order valence-corrected chi connectivity index (χ1v) is 6.18. The van der Waals surface area contributed by atoms with Gasteiger partial charge in [0, 0.05) is 5.72 Å². The van der Waals surface area contributed by atoms with Gasteiger partial charge in [0.2, 0.25) is 0 Å². The molecule has 1 aromatic carbocycles.